The van der Waals surface area contributed by atoms with Gasteiger partial charge in [-0.05, 0) is 6.42 Å². The number of hydrogen-bond donors (Lipinski definition) is 2. The maximum Gasteiger partial charge on any atom is 0.204 e. The van der Waals surface area contributed by atoms with Gasteiger partial charge in [-0.15, -0.1) is 6.58 Å². The average Bonchev–Trinajstić information content (AvgIpc) is 2.56. The summed E-state index contributed by atoms with van der Waals surface area (Å²) >= 11 is 0. The van der Waals surface area contributed by atoms with Crippen LogP contribution < -0.4 is 14.9 Å². The fourth-order valence-corrected chi connectivity index (χ4v) is 2.75. The minimum Gasteiger partial charge on any atom is -0.507 e. The van der Waals surface area contributed by atoms with Gasteiger partial charge in [0.25, 0.3) is 0 Å². The molecule has 124 valence electrons. The Morgan fingerprint density at radius 3 is 2.46 bits per heavy atom. The number of hydrogen-bond acceptors (Lipinski definition) is 6. The van der Waals surface area contributed by atoms with Crippen LogP contribution in [0.1, 0.15) is 5.56 Å². The first-order valence-corrected chi connectivity index (χ1v) is 7.19. The van der Waals surface area contributed by atoms with E-state index >= 15 is 0 Å². The predicted octanol–water partition coefficient (Wildman–Crippen LogP) is 3.10. The molecular weight excluding hydrogens is 312 g/mol. The number of phenols is 2. The lowest BCUT2D eigenvalue weighted by Gasteiger charge is -2.12. The lowest BCUT2D eigenvalue weighted by molar-refractivity contribution is 0.371. The Balaban J connectivity index is 2.55. The summed E-state index contributed by atoms with van der Waals surface area (Å²) in [4.78, 5) is 12.9. The van der Waals surface area contributed by atoms with E-state index in [1.54, 1.807) is 6.08 Å². The monoisotopic (exact) mass is 328 g/mol. The molecule has 3 aromatic rings. The van der Waals surface area contributed by atoms with Crippen LogP contribution >= 0.6 is 0 Å². The van der Waals surface area contributed by atoms with E-state index in [1.807, 2.05) is 0 Å². The largest absolute Gasteiger partial charge is 0.507 e. The van der Waals surface area contributed by atoms with E-state index in [1.165, 1.54) is 32.4 Å². The number of phenolic OH excluding ortho intramolecular Hbond substituents is 2. The smallest absolute Gasteiger partial charge is 0.204 e. The number of allylic oxidation sites excluding steroid dienone is 1. The highest BCUT2D eigenvalue weighted by Gasteiger charge is 2.20. The van der Waals surface area contributed by atoms with Gasteiger partial charge in [-0.2, -0.15) is 0 Å². The SMILES string of the molecule is C=CCc1c(O)c(OC)cc2oc3cc(OC)cc(O)c3c(=O)c12. The second-order valence-corrected chi connectivity index (χ2v) is 5.22. The minimum absolute atomic E-state index is 0.0261. The van der Waals surface area contributed by atoms with Gasteiger partial charge in [0, 0.05) is 23.8 Å². The van der Waals surface area contributed by atoms with Crippen molar-refractivity contribution < 1.29 is 24.1 Å². The Bertz CT molecular complexity index is 1020. The maximum atomic E-state index is 12.9. The van der Waals surface area contributed by atoms with E-state index in [0.717, 1.165) is 0 Å². The highest BCUT2D eigenvalue weighted by atomic mass is 16.5. The van der Waals surface area contributed by atoms with Crippen molar-refractivity contribution in [3.05, 3.63) is 46.6 Å². The van der Waals surface area contributed by atoms with Crippen LogP contribution in [0.25, 0.3) is 21.9 Å². The zero-order valence-electron chi connectivity index (χ0n) is 13.3. The molecule has 0 unspecified atom stereocenters. The fourth-order valence-electron chi connectivity index (χ4n) is 2.75. The topological polar surface area (TPSA) is 89.1 Å². The van der Waals surface area contributed by atoms with Crippen molar-refractivity contribution in [3.63, 3.8) is 0 Å². The van der Waals surface area contributed by atoms with Crippen molar-refractivity contribution in [2.75, 3.05) is 14.2 Å². The van der Waals surface area contributed by atoms with E-state index in [9.17, 15) is 15.0 Å². The maximum absolute atomic E-state index is 12.9. The number of aromatic hydroxyl groups is 2. The summed E-state index contributed by atoms with van der Waals surface area (Å²) in [5, 5.41) is 20.7. The molecule has 0 saturated heterocycles. The molecule has 1 aromatic heterocycles. The standard InChI is InChI=1S/C18H16O6/c1-4-5-10-15-13(8-14(23-3)17(10)20)24-12-7-9(22-2)6-11(19)16(12)18(15)21/h4,6-8,19-20H,1,5H2,2-3H3. The molecular formula is C18H16O6. The van der Waals surface area contributed by atoms with Crippen molar-refractivity contribution >= 4 is 21.9 Å². The van der Waals surface area contributed by atoms with Gasteiger partial charge in [0.05, 0.1) is 19.6 Å². The molecule has 3 rings (SSSR count). The second-order valence-electron chi connectivity index (χ2n) is 5.22. The fraction of sp³-hybridized carbons (Fsp3) is 0.167. The Morgan fingerprint density at radius 2 is 1.83 bits per heavy atom. The molecule has 6 heteroatoms. The second kappa shape index (κ2) is 5.81. The number of fused-ring (bicyclic) bond motifs is 2. The first-order chi connectivity index (χ1) is 11.5. The van der Waals surface area contributed by atoms with Crippen molar-refractivity contribution in [2.24, 2.45) is 0 Å². The third-order valence-electron chi connectivity index (χ3n) is 3.86. The van der Waals surface area contributed by atoms with Crippen molar-refractivity contribution in [2.45, 2.75) is 6.42 Å². The van der Waals surface area contributed by atoms with Crippen molar-refractivity contribution in [1.29, 1.82) is 0 Å². The Hall–Kier alpha value is -3.15. The van der Waals surface area contributed by atoms with E-state index in [0.29, 0.717) is 11.3 Å². The number of rotatable bonds is 4. The van der Waals surface area contributed by atoms with Gasteiger partial charge < -0.3 is 24.1 Å². The van der Waals surface area contributed by atoms with Crippen LogP contribution in [0.4, 0.5) is 0 Å². The molecule has 24 heavy (non-hydrogen) atoms. The first-order valence-electron chi connectivity index (χ1n) is 7.19. The molecule has 0 aliphatic rings. The molecule has 0 spiro atoms. The Kier molecular flexibility index (Phi) is 3.81. The van der Waals surface area contributed by atoms with Gasteiger partial charge in [-0.3, -0.25) is 4.79 Å². The Labute approximate surface area is 137 Å². The number of benzene rings is 2. The highest BCUT2D eigenvalue weighted by Crippen LogP contribution is 2.38. The predicted molar refractivity (Wildman–Crippen MR) is 90.3 cm³/mol. The summed E-state index contributed by atoms with van der Waals surface area (Å²) in [6.45, 7) is 3.64. The summed E-state index contributed by atoms with van der Waals surface area (Å²) in [7, 11) is 2.86. The van der Waals surface area contributed by atoms with Gasteiger partial charge in [0.2, 0.25) is 5.43 Å². The number of ether oxygens (including phenoxy) is 2. The zero-order chi connectivity index (χ0) is 17.4. The van der Waals surface area contributed by atoms with E-state index < -0.39 is 5.43 Å². The normalized spacial score (nSPS) is 10.9. The molecule has 2 N–H and O–H groups in total. The number of methoxy groups -OCH3 is 2. The summed E-state index contributed by atoms with van der Waals surface area (Å²) < 4.78 is 16.0. The molecule has 2 aromatic carbocycles. The third kappa shape index (κ3) is 2.23. The van der Waals surface area contributed by atoms with Crippen molar-refractivity contribution in [1.82, 2.24) is 0 Å². The molecule has 6 nitrogen and oxygen atoms in total. The summed E-state index contributed by atoms with van der Waals surface area (Å²) in [6, 6.07) is 4.29. The van der Waals surface area contributed by atoms with Crippen LogP contribution in [-0.4, -0.2) is 24.4 Å². The molecule has 0 amide bonds. The highest BCUT2D eigenvalue weighted by molar-refractivity contribution is 5.96. The van der Waals surface area contributed by atoms with Gasteiger partial charge >= 0.3 is 0 Å². The zero-order valence-corrected chi connectivity index (χ0v) is 13.3. The molecule has 0 aliphatic carbocycles. The summed E-state index contributed by atoms with van der Waals surface area (Å²) in [5.74, 6) is 0.151. The Morgan fingerprint density at radius 1 is 1.12 bits per heavy atom. The molecule has 0 saturated carbocycles. The molecule has 0 bridgehead atoms. The van der Waals surface area contributed by atoms with Crippen molar-refractivity contribution in [3.8, 4) is 23.0 Å². The molecule has 0 fully saturated rings. The average molecular weight is 328 g/mol. The van der Waals surface area contributed by atoms with Gasteiger partial charge in [-0.25, -0.2) is 0 Å². The first kappa shape index (κ1) is 15.7. The molecule has 0 aliphatic heterocycles. The van der Waals surface area contributed by atoms with Crippen LogP contribution in [0.5, 0.6) is 23.0 Å². The van der Waals surface area contributed by atoms with Crippen LogP contribution in [0, 0.1) is 0 Å². The van der Waals surface area contributed by atoms with E-state index in [-0.39, 0.29) is 45.6 Å². The summed E-state index contributed by atoms with van der Waals surface area (Å²) in [5.41, 5.74) is 0.319. The van der Waals surface area contributed by atoms with E-state index in [4.69, 9.17) is 13.9 Å². The van der Waals surface area contributed by atoms with Gasteiger partial charge in [0.1, 0.15) is 28.1 Å². The molecule has 0 atom stereocenters. The lowest BCUT2D eigenvalue weighted by Crippen LogP contribution is -2.06. The third-order valence-corrected chi connectivity index (χ3v) is 3.86. The van der Waals surface area contributed by atoms with Crippen LogP contribution in [-0.2, 0) is 6.42 Å². The minimum atomic E-state index is -0.443. The molecule has 1 heterocycles. The molecule has 0 radical (unpaired) electrons. The quantitative estimate of drug-likeness (QED) is 0.565. The lowest BCUT2D eigenvalue weighted by atomic mass is 10.0. The van der Waals surface area contributed by atoms with Gasteiger partial charge in [0.15, 0.2) is 11.5 Å². The van der Waals surface area contributed by atoms with Crippen LogP contribution in [0.2, 0.25) is 0 Å². The van der Waals surface area contributed by atoms with Gasteiger partial charge in [-0.1, -0.05) is 6.08 Å². The van der Waals surface area contributed by atoms with Crippen LogP contribution in [0.15, 0.2) is 40.1 Å². The summed E-state index contributed by atoms with van der Waals surface area (Å²) in [6.07, 6.45) is 1.80. The van der Waals surface area contributed by atoms with Crippen LogP contribution in [0.3, 0.4) is 0 Å². The van der Waals surface area contributed by atoms with E-state index in [2.05, 4.69) is 6.58 Å².